The van der Waals surface area contributed by atoms with E-state index >= 15 is 0 Å². The van der Waals surface area contributed by atoms with Crippen LogP contribution in [0.25, 0.3) is 0 Å². The van der Waals surface area contributed by atoms with E-state index in [2.05, 4.69) is 15.6 Å². The number of nitrogens with zero attached hydrogens (tertiary/aromatic N) is 1. The van der Waals surface area contributed by atoms with Crippen molar-refractivity contribution in [3.8, 4) is 0 Å². The minimum Gasteiger partial charge on any atom is -0.318 e. The molecule has 0 bridgehead atoms. The summed E-state index contributed by atoms with van der Waals surface area (Å²) in [5.41, 5.74) is 0.928. The lowest BCUT2D eigenvalue weighted by Gasteiger charge is -2.07. The second-order valence-corrected chi connectivity index (χ2v) is 4.61. The highest BCUT2D eigenvalue weighted by Crippen LogP contribution is 2.19. The minimum absolute atomic E-state index is 0.145. The normalized spacial score (nSPS) is 10.0. The summed E-state index contributed by atoms with van der Waals surface area (Å²) in [6.07, 6.45) is 0. The SMILES string of the molecule is Cc1cccc(NC(=O)C(=O)Nc2ccc(F)c(Cl)c2)n1. The van der Waals surface area contributed by atoms with Gasteiger partial charge in [0.05, 0.1) is 5.02 Å². The molecule has 2 aromatic rings. The fraction of sp³-hybridized carbons (Fsp3) is 0.0714. The van der Waals surface area contributed by atoms with Gasteiger partial charge in [-0.05, 0) is 37.3 Å². The molecule has 21 heavy (non-hydrogen) atoms. The van der Waals surface area contributed by atoms with Crippen LogP contribution in [0.1, 0.15) is 5.69 Å². The quantitative estimate of drug-likeness (QED) is 0.838. The predicted octanol–water partition coefficient (Wildman–Crippen LogP) is 2.76. The van der Waals surface area contributed by atoms with Crippen LogP contribution in [-0.4, -0.2) is 16.8 Å². The van der Waals surface area contributed by atoms with Gasteiger partial charge in [-0.15, -0.1) is 0 Å². The topological polar surface area (TPSA) is 71.1 Å². The number of rotatable bonds is 2. The standard InChI is InChI=1S/C14H11ClFN3O2/c1-8-3-2-4-12(17-8)19-14(21)13(20)18-9-5-6-11(16)10(15)7-9/h2-7H,1H3,(H,18,20)(H,17,19,21). The Morgan fingerprint density at radius 1 is 1.14 bits per heavy atom. The molecule has 1 heterocycles. The zero-order valence-corrected chi connectivity index (χ0v) is 11.7. The lowest BCUT2D eigenvalue weighted by molar-refractivity contribution is -0.133. The molecule has 2 N–H and O–H groups in total. The van der Waals surface area contributed by atoms with E-state index in [-0.39, 0.29) is 16.5 Å². The Labute approximate surface area is 125 Å². The first-order chi connectivity index (χ1) is 9.95. The number of carbonyl (C=O) groups is 2. The number of aromatic nitrogens is 1. The molecule has 1 aromatic heterocycles. The van der Waals surface area contributed by atoms with E-state index in [1.165, 1.54) is 12.1 Å². The summed E-state index contributed by atoms with van der Waals surface area (Å²) in [4.78, 5) is 27.5. The van der Waals surface area contributed by atoms with Crippen molar-refractivity contribution in [2.75, 3.05) is 10.6 Å². The second-order valence-electron chi connectivity index (χ2n) is 4.20. The molecule has 0 aliphatic heterocycles. The van der Waals surface area contributed by atoms with Gasteiger partial charge in [-0.3, -0.25) is 9.59 Å². The Kier molecular flexibility index (Phi) is 4.49. The first-order valence-corrected chi connectivity index (χ1v) is 6.34. The van der Waals surface area contributed by atoms with Crippen molar-refractivity contribution < 1.29 is 14.0 Å². The number of halogens is 2. The van der Waals surface area contributed by atoms with Crippen molar-refractivity contribution in [1.82, 2.24) is 4.98 Å². The zero-order valence-electron chi connectivity index (χ0n) is 11.0. The van der Waals surface area contributed by atoms with Gasteiger partial charge in [0, 0.05) is 11.4 Å². The average Bonchev–Trinajstić information content (AvgIpc) is 2.43. The summed E-state index contributed by atoms with van der Waals surface area (Å²) in [7, 11) is 0. The molecule has 0 atom stereocenters. The van der Waals surface area contributed by atoms with E-state index in [9.17, 15) is 14.0 Å². The Balaban J connectivity index is 2.02. The van der Waals surface area contributed by atoms with Gasteiger partial charge in [0.15, 0.2) is 0 Å². The molecule has 0 aliphatic carbocycles. The predicted molar refractivity (Wildman–Crippen MR) is 77.6 cm³/mol. The van der Waals surface area contributed by atoms with Crippen LogP contribution in [0.2, 0.25) is 5.02 Å². The van der Waals surface area contributed by atoms with Crippen LogP contribution in [0, 0.1) is 12.7 Å². The fourth-order valence-corrected chi connectivity index (χ4v) is 1.73. The lowest BCUT2D eigenvalue weighted by Crippen LogP contribution is -2.29. The Morgan fingerprint density at radius 3 is 2.52 bits per heavy atom. The highest BCUT2D eigenvalue weighted by molar-refractivity contribution is 6.43. The molecule has 0 radical (unpaired) electrons. The highest BCUT2D eigenvalue weighted by atomic mass is 35.5. The van der Waals surface area contributed by atoms with Gasteiger partial charge >= 0.3 is 11.8 Å². The summed E-state index contributed by atoms with van der Waals surface area (Å²) in [5.74, 6) is -2.12. The van der Waals surface area contributed by atoms with Gasteiger partial charge < -0.3 is 10.6 Å². The number of benzene rings is 1. The Bertz CT molecular complexity index is 706. The number of hydrogen-bond donors (Lipinski definition) is 2. The molecular formula is C14H11ClFN3O2. The average molecular weight is 308 g/mol. The van der Waals surface area contributed by atoms with Crippen molar-refractivity contribution in [2.24, 2.45) is 0 Å². The van der Waals surface area contributed by atoms with Gasteiger partial charge in [-0.2, -0.15) is 0 Å². The Morgan fingerprint density at radius 2 is 1.86 bits per heavy atom. The van der Waals surface area contributed by atoms with Gasteiger partial charge in [-0.25, -0.2) is 9.37 Å². The van der Waals surface area contributed by atoms with Gasteiger partial charge in [0.1, 0.15) is 11.6 Å². The number of hydrogen-bond acceptors (Lipinski definition) is 3. The molecule has 0 saturated carbocycles. The van der Waals surface area contributed by atoms with Crippen molar-refractivity contribution in [3.63, 3.8) is 0 Å². The molecule has 1 aromatic carbocycles. The van der Waals surface area contributed by atoms with Crippen LogP contribution in [0.15, 0.2) is 36.4 Å². The maximum absolute atomic E-state index is 13.0. The number of aryl methyl sites for hydroxylation is 1. The van der Waals surface area contributed by atoms with Gasteiger partial charge in [-0.1, -0.05) is 17.7 Å². The zero-order chi connectivity index (χ0) is 15.4. The molecule has 2 rings (SSSR count). The van der Waals surface area contributed by atoms with Crippen molar-refractivity contribution in [3.05, 3.63) is 52.9 Å². The number of pyridine rings is 1. The molecule has 108 valence electrons. The van der Waals surface area contributed by atoms with Crippen LogP contribution in [-0.2, 0) is 9.59 Å². The smallest absolute Gasteiger partial charge is 0.315 e. The highest BCUT2D eigenvalue weighted by Gasteiger charge is 2.15. The van der Waals surface area contributed by atoms with Gasteiger partial charge in [0.25, 0.3) is 0 Å². The second kappa shape index (κ2) is 6.32. The van der Waals surface area contributed by atoms with E-state index in [1.54, 1.807) is 25.1 Å². The summed E-state index contributed by atoms with van der Waals surface area (Å²) in [5, 5.41) is 4.53. The van der Waals surface area contributed by atoms with Crippen molar-refractivity contribution >= 4 is 34.9 Å². The van der Waals surface area contributed by atoms with Crippen LogP contribution >= 0.6 is 11.6 Å². The first-order valence-electron chi connectivity index (χ1n) is 5.97. The maximum atomic E-state index is 13.0. The molecule has 0 spiro atoms. The van der Waals surface area contributed by atoms with Gasteiger partial charge in [0.2, 0.25) is 0 Å². The number of carbonyl (C=O) groups excluding carboxylic acids is 2. The fourth-order valence-electron chi connectivity index (χ4n) is 1.55. The van der Waals surface area contributed by atoms with Crippen LogP contribution in [0.4, 0.5) is 15.9 Å². The van der Waals surface area contributed by atoms with E-state index in [1.807, 2.05) is 0 Å². The molecule has 0 aliphatic rings. The summed E-state index contributed by atoms with van der Waals surface area (Å²) < 4.78 is 13.0. The Hall–Kier alpha value is -2.47. The summed E-state index contributed by atoms with van der Waals surface area (Å²) in [6, 6.07) is 8.64. The van der Waals surface area contributed by atoms with E-state index in [4.69, 9.17) is 11.6 Å². The van der Waals surface area contributed by atoms with E-state index in [0.717, 1.165) is 6.07 Å². The molecule has 2 amide bonds. The lowest BCUT2D eigenvalue weighted by atomic mass is 10.3. The molecule has 0 fully saturated rings. The van der Waals surface area contributed by atoms with Crippen molar-refractivity contribution in [1.29, 1.82) is 0 Å². The summed E-state index contributed by atoms with van der Waals surface area (Å²) in [6.45, 7) is 1.76. The maximum Gasteiger partial charge on any atom is 0.315 e. The molecular weight excluding hydrogens is 297 g/mol. The number of anilines is 2. The number of nitrogens with one attached hydrogen (secondary N) is 2. The molecule has 0 unspecified atom stereocenters. The minimum atomic E-state index is -0.902. The van der Waals surface area contributed by atoms with E-state index in [0.29, 0.717) is 5.69 Å². The molecule has 5 nitrogen and oxygen atoms in total. The molecule has 0 saturated heterocycles. The first kappa shape index (κ1) is 14.9. The third-order valence-corrected chi connectivity index (χ3v) is 2.80. The summed E-state index contributed by atoms with van der Waals surface area (Å²) >= 11 is 5.59. The van der Waals surface area contributed by atoms with Crippen LogP contribution in [0.5, 0.6) is 0 Å². The van der Waals surface area contributed by atoms with E-state index < -0.39 is 17.6 Å². The largest absolute Gasteiger partial charge is 0.318 e. The van der Waals surface area contributed by atoms with Crippen LogP contribution < -0.4 is 10.6 Å². The van der Waals surface area contributed by atoms with Crippen LogP contribution in [0.3, 0.4) is 0 Å². The third-order valence-electron chi connectivity index (χ3n) is 2.51. The molecule has 7 heteroatoms. The number of amides is 2. The van der Waals surface area contributed by atoms with Crippen molar-refractivity contribution in [2.45, 2.75) is 6.92 Å². The monoisotopic (exact) mass is 307 g/mol. The third kappa shape index (κ3) is 4.00.